The van der Waals surface area contributed by atoms with Crippen molar-refractivity contribution in [2.45, 2.75) is 39.3 Å². The normalized spacial score (nSPS) is 11.5. The molecule has 2 heterocycles. The molecule has 0 saturated heterocycles. The van der Waals surface area contributed by atoms with Gasteiger partial charge in [-0.25, -0.2) is 0 Å². The van der Waals surface area contributed by atoms with Crippen LogP contribution in [-0.2, 0) is 11.3 Å². The number of rotatable bonds is 8. The van der Waals surface area contributed by atoms with Crippen LogP contribution in [0.15, 0.2) is 47.1 Å². The second kappa shape index (κ2) is 10.6. The van der Waals surface area contributed by atoms with Gasteiger partial charge in [-0.1, -0.05) is 12.1 Å². The van der Waals surface area contributed by atoms with E-state index in [1.807, 2.05) is 32.0 Å². The molecule has 0 spiro atoms. The molecule has 9 nitrogen and oxygen atoms in total. The molecule has 4 aromatic rings. The van der Waals surface area contributed by atoms with Crippen molar-refractivity contribution in [3.63, 3.8) is 0 Å². The quantitative estimate of drug-likeness (QED) is 0.399. The molecular weight excluding hydrogens is 433 g/mol. The van der Waals surface area contributed by atoms with Gasteiger partial charge in [0.25, 0.3) is 5.89 Å². The third-order valence-corrected chi connectivity index (χ3v) is 5.11. The van der Waals surface area contributed by atoms with Gasteiger partial charge < -0.3 is 14.4 Å². The molecule has 0 bridgehead atoms. The van der Waals surface area contributed by atoms with Crippen molar-refractivity contribution < 1.29 is 19.2 Å². The fourth-order valence-corrected chi connectivity index (χ4v) is 3.22. The van der Waals surface area contributed by atoms with Crippen LogP contribution < -0.4 is 4.74 Å². The molecule has 10 heteroatoms. The van der Waals surface area contributed by atoms with E-state index in [2.05, 4.69) is 21.3 Å². The number of carboxylic acid groups (broad SMARTS) is 1. The molecule has 2 aromatic heterocycles. The van der Waals surface area contributed by atoms with E-state index in [1.165, 1.54) is 0 Å². The maximum atomic E-state index is 10.8. The van der Waals surface area contributed by atoms with Crippen LogP contribution in [0.3, 0.4) is 0 Å². The van der Waals surface area contributed by atoms with Gasteiger partial charge in [0.1, 0.15) is 11.8 Å². The summed E-state index contributed by atoms with van der Waals surface area (Å²) >= 11 is 0. The van der Waals surface area contributed by atoms with Crippen molar-refractivity contribution in [2.75, 3.05) is 0 Å². The SMILES string of the molecule is CC[C@@H](C)Oc1ccc(-c2nc(-c3ccc4c(cnn4CCC(=O)O)c3)no2)cc1C#N.[NaH]. The van der Waals surface area contributed by atoms with E-state index in [1.54, 1.807) is 29.1 Å². The Hall–Kier alpha value is -3.19. The number of aliphatic carboxylic acids is 1. The predicted molar refractivity (Wildman–Crippen MR) is 123 cm³/mol. The molecule has 2 aromatic carbocycles. The summed E-state index contributed by atoms with van der Waals surface area (Å²) in [6.07, 6.45) is 2.52. The van der Waals surface area contributed by atoms with Crippen LogP contribution in [0, 0.1) is 11.3 Å². The number of carbonyl (C=O) groups is 1. The summed E-state index contributed by atoms with van der Waals surface area (Å²) in [5.41, 5.74) is 2.59. The Morgan fingerprint density at radius 2 is 2.06 bits per heavy atom. The van der Waals surface area contributed by atoms with Crippen LogP contribution in [0.2, 0.25) is 0 Å². The zero-order valence-electron chi connectivity index (χ0n) is 17.6. The molecule has 33 heavy (non-hydrogen) atoms. The van der Waals surface area contributed by atoms with E-state index >= 15 is 0 Å². The van der Waals surface area contributed by atoms with E-state index in [4.69, 9.17) is 14.4 Å². The number of fused-ring (bicyclic) bond motifs is 1. The van der Waals surface area contributed by atoms with Gasteiger partial charge in [-0.3, -0.25) is 9.48 Å². The van der Waals surface area contributed by atoms with Gasteiger partial charge in [0.15, 0.2) is 0 Å². The van der Waals surface area contributed by atoms with Crippen molar-refractivity contribution in [1.29, 1.82) is 5.26 Å². The third-order valence-electron chi connectivity index (χ3n) is 5.11. The van der Waals surface area contributed by atoms with E-state index in [9.17, 15) is 10.1 Å². The fraction of sp³-hybridized carbons (Fsp3) is 0.261. The Balaban J connectivity index is 0.00000306. The van der Waals surface area contributed by atoms with Crippen LogP contribution in [0.25, 0.3) is 33.7 Å². The molecule has 0 amide bonds. The zero-order valence-corrected chi connectivity index (χ0v) is 17.6. The maximum absolute atomic E-state index is 10.8. The minimum atomic E-state index is -0.872. The van der Waals surface area contributed by atoms with Gasteiger partial charge >= 0.3 is 35.5 Å². The number of hydrogen-bond acceptors (Lipinski definition) is 7. The Labute approximate surface area is 212 Å². The van der Waals surface area contributed by atoms with E-state index < -0.39 is 5.97 Å². The average Bonchev–Trinajstić information content (AvgIpc) is 3.45. The van der Waals surface area contributed by atoms with Crippen LogP contribution >= 0.6 is 0 Å². The number of benzene rings is 2. The van der Waals surface area contributed by atoms with Crippen molar-refractivity contribution in [3.05, 3.63) is 48.2 Å². The van der Waals surface area contributed by atoms with Crippen LogP contribution in [0.5, 0.6) is 5.75 Å². The number of aromatic nitrogens is 4. The molecule has 1 atom stereocenters. The molecule has 1 N–H and O–H groups in total. The van der Waals surface area contributed by atoms with E-state index in [0.717, 1.165) is 22.9 Å². The van der Waals surface area contributed by atoms with Crippen LogP contribution in [0.4, 0.5) is 0 Å². The van der Waals surface area contributed by atoms with Crippen molar-refractivity contribution in [2.24, 2.45) is 0 Å². The van der Waals surface area contributed by atoms with Gasteiger partial charge in [0.2, 0.25) is 5.82 Å². The molecular formula is C23H22N5NaO4. The second-order valence-electron chi connectivity index (χ2n) is 7.37. The molecule has 0 radical (unpaired) electrons. The first-order chi connectivity index (χ1) is 15.5. The standard InChI is InChI=1S/C23H21N5O4.Na.H/c1-3-14(2)31-20-7-5-16(11-17(20)12-24)23-26-22(27-32-23)15-4-6-19-18(10-15)13-25-28(19)9-8-21(29)30;;/h4-7,10-11,13-14H,3,8-9H2,1-2H3,(H,29,30);;/t14-;;/m1../s1. The number of aryl methyl sites for hydroxylation is 1. The van der Waals surface area contributed by atoms with Crippen LogP contribution in [-0.4, -0.2) is 66.7 Å². The summed E-state index contributed by atoms with van der Waals surface area (Å²) in [7, 11) is 0. The summed E-state index contributed by atoms with van der Waals surface area (Å²) in [5, 5.41) is 27.5. The summed E-state index contributed by atoms with van der Waals surface area (Å²) in [6, 6.07) is 12.9. The Kier molecular flexibility index (Phi) is 7.87. The number of nitriles is 1. The van der Waals surface area contributed by atoms with Crippen molar-refractivity contribution in [1.82, 2.24) is 19.9 Å². The van der Waals surface area contributed by atoms with E-state index in [0.29, 0.717) is 35.1 Å². The molecule has 0 aliphatic carbocycles. The first-order valence-electron chi connectivity index (χ1n) is 10.2. The molecule has 0 saturated carbocycles. The molecule has 4 rings (SSSR count). The van der Waals surface area contributed by atoms with Gasteiger partial charge in [-0.15, -0.1) is 0 Å². The Bertz CT molecular complexity index is 1320. The zero-order chi connectivity index (χ0) is 22.7. The molecule has 0 fully saturated rings. The molecule has 0 unspecified atom stereocenters. The monoisotopic (exact) mass is 455 g/mol. The summed E-state index contributed by atoms with van der Waals surface area (Å²) in [5.74, 6) is 0.349. The minimum absolute atomic E-state index is 0. The Morgan fingerprint density at radius 3 is 2.79 bits per heavy atom. The number of nitrogens with zero attached hydrogens (tertiary/aromatic N) is 5. The topological polar surface area (TPSA) is 127 Å². The fourth-order valence-electron chi connectivity index (χ4n) is 3.22. The van der Waals surface area contributed by atoms with E-state index in [-0.39, 0.29) is 42.1 Å². The van der Waals surface area contributed by atoms with Gasteiger partial charge in [-0.05, 0) is 49.7 Å². The number of carboxylic acids is 1. The van der Waals surface area contributed by atoms with Gasteiger partial charge in [-0.2, -0.15) is 15.3 Å². The third kappa shape index (κ3) is 5.42. The molecule has 164 valence electrons. The molecule has 0 aliphatic heterocycles. The summed E-state index contributed by atoms with van der Waals surface area (Å²) in [4.78, 5) is 15.3. The average molecular weight is 455 g/mol. The van der Waals surface area contributed by atoms with Crippen LogP contribution in [0.1, 0.15) is 32.3 Å². The number of hydrogen-bond donors (Lipinski definition) is 1. The van der Waals surface area contributed by atoms with Gasteiger partial charge in [0.05, 0.1) is 36.3 Å². The second-order valence-corrected chi connectivity index (χ2v) is 7.37. The van der Waals surface area contributed by atoms with Crippen molar-refractivity contribution >= 4 is 46.4 Å². The van der Waals surface area contributed by atoms with Gasteiger partial charge in [0, 0.05) is 16.5 Å². The van der Waals surface area contributed by atoms with Crippen molar-refractivity contribution in [3.8, 4) is 34.7 Å². The first kappa shape index (κ1) is 24.5. The first-order valence-corrected chi connectivity index (χ1v) is 10.2. The Morgan fingerprint density at radius 1 is 1.27 bits per heavy atom. The predicted octanol–water partition coefficient (Wildman–Crippen LogP) is 3.63. The summed E-state index contributed by atoms with van der Waals surface area (Å²) in [6.45, 7) is 4.26. The molecule has 0 aliphatic rings. The summed E-state index contributed by atoms with van der Waals surface area (Å²) < 4.78 is 12.9. The number of ether oxygens (including phenoxy) is 1.